The van der Waals surface area contributed by atoms with E-state index in [9.17, 15) is 4.79 Å². The molecule has 1 aromatic carbocycles. The van der Waals surface area contributed by atoms with Gasteiger partial charge in [0.15, 0.2) is 0 Å². The first-order valence-electron chi connectivity index (χ1n) is 4.25. The molecule has 0 bridgehead atoms. The maximum atomic E-state index is 10.3. The van der Waals surface area contributed by atoms with E-state index >= 15 is 0 Å². The van der Waals surface area contributed by atoms with Gasteiger partial charge < -0.3 is 15.3 Å². The third kappa shape index (κ3) is 7.07. The van der Waals surface area contributed by atoms with E-state index in [0.29, 0.717) is 5.56 Å². The van der Waals surface area contributed by atoms with Crippen LogP contribution < -0.4 is 0 Å². The Bertz CT molecular complexity index is 295. The molecule has 84 valence electrons. The van der Waals surface area contributed by atoms with E-state index in [-0.39, 0.29) is 6.61 Å². The first kappa shape index (κ1) is 14.1. The van der Waals surface area contributed by atoms with Gasteiger partial charge in [-0.15, -0.1) is 0 Å². The molecule has 5 heteroatoms. The molecule has 1 aromatic rings. The molecule has 4 nitrogen and oxygen atoms in total. The van der Waals surface area contributed by atoms with Crippen LogP contribution in [0.3, 0.4) is 0 Å². The number of carbonyl (C=O) groups is 1. The van der Waals surface area contributed by atoms with Crippen LogP contribution in [0.4, 0.5) is 0 Å². The summed E-state index contributed by atoms with van der Waals surface area (Å²) in [7, 11) is 0. The summed E-state index contributed by atoms with van der Waals surface area (Å²) in [5.41, 5.74) is 0.309. The maximum Gasteiger partial charge on any atom is 0.335 e. The van der Waals surface area contributed by atoms with Crippen LogP contribution in [0.1, 0.15) is 17.3 Å². The van der Waals surface area contributed by atoms with Crippen LogP contribution in [0.15, 0.2) is 28.7 Å². The Morgan fingerprint density at radius 2 is 1.80 bits per heavy atom. The Balaban J connectivity index is 0.000000336. The summed E-state index contributed by atoms with van der Waals surface area (Å²) in [4.78, 5) is 10.3. The zero-order chi connectivity index (χ0) is 11.8. The van der Waals surface area contributed by atoms with Gasteiger partial charge in [0, 0.05) is 4.47 Å². The summed E-state index contributed by atoms with van der Waals surface area (Å²) in [6.45, 7) is 1.39. The molecule has 0 spiro atoms. The molecular weight excluding hydrogens is 264 g/mol. The van der Waals surface area contributed by atoms with Crippen LogP contribution in [0.2, 0.25) is 0 Å². The second-order valence-corrected chi connectivity index (χ2v) is 3.76. The highest BCUT2D eigenvalue weighted by Crippen LogP contribution is 2.09. The third-order valence-electron chi connectivity index (χ3n) is 1.36. The van der Waals surface area contributed by atoms with Gasteiger partial charge in [0.05, 0.1) is 18.3 Å². The number of halogens is 1. The Labute approximate surface area is 96.3 Å². The Hall–Kier alpha value is -0.910. The van der Waals surface area contributed by atoms with Crippen molar-refractivity contribution in [3.63, 3.8) is 0 Å². The minimum Gasteiger partial charge on any atom is -0.478 e. The molecule has 3 N–H and O–H groups in total. The number of aromatic carboxylic acids is 1. The van der Waals surface area contributed by atoms with Crippen LogP contribution in [-0.2, 0) is 0 Å². The van der Waals surface area contributed by atoms with Crippen molar-refractivity contribution in [1.29, 1.82) is 0 Å². The van der Waals surface area contributed by atoms with E-state index in [0.717, 1.165) is 4.47 Å². The molecule has 1 rings (SSSR count). The molecule has 15 heavy (non-hydrogen) atoms. The standard InChI is InChI=1S/C7H5BrO2.C3H8O2/c8-6-3-1-5(2-4-6)7(9)10;1-3(5)2-4/h1-4H,(H,9,10);3-5H,2H2,1H3. The summed E-state index contributed by atoms with van der Waals surface area (Å²) >= 11 is 3.20. The molecule has 1 atom stereocenters. The molecule has 1 unspecified atom stereocenters. The Morgan fingerprint density at radius 1 is 1.40 bits per heavy atom. The molecule has 0 saturated carbocycles. The van der Waals surface area contributed by atoms with Crippen molar-refractivity contribution < 1.29 is 20.1 Å². The molecule has 0 saturated heterocycles. The SMILES string of the molecule is CC(O)CO.O=C(O)c1ccc(Br)cc1. The van der Waals surface area contributed by atoms with Crippen molar-refractivity contribution in [2.75, 3.05) is 6.61 Å². The van der Waals surface area contributed by atoms with E-state index in [2.05, 4.69) is 15.9 Å². The minimum absolute atomic E-state index is 0.139. The Kier molecular flexibility index (Phi) is 6.94. The topological polar surface area (TPSA) is 77.8 Å². The van der Waals surface area contributed by atoms with Gasteiger partial charge in [0.25, 0.3) is 0 Å². The molecule has 0 aliphatic carbocycles. The monoisotopic (exact) mass is 276 g/mol. The zero-order valence-corrected chi connectivity index (χ0v) is 9.81. The molecule has 0 heterocycles. The van der Waals surface area contributed by atoms with Crippen molar-refractivity contribution >= 4 is 21.9 Å². The highest BCUT2D eigenvalue weighted by atomic mass is 79.9. The van der Waals surface area contributed by atoms with Crippen molar-refractivity contribution in [3.05, 3.63) is 34.3 Å². The number of carboxylic acids is 1. The quantitative estimate of drug-likeness (QED) is 0.765. The van der Waals surface area contributed by atoms with Gasteiger partial charge in [-0.25, -0.2) is 4.79 Å². The molecule has 0 radical (unpaired) electrons. The predicted molar refractivity (Wildman–Crippen MR) is 59.9 cm³/mol. The van der Waals surface area contributed by atoms with Crippen molar-refractivity contribution in [2.24, 2.45) is 0 Å². The van der Waals surface area contributed by atoms with Gasteiger partial charge in [0.1, 0.15) is 0 Å². The highest BCUT2D eigenvalue weighted by Gasteiger charge is 1.98. The summed E-state index contributed by atoms with van der Waals surface area (Å²) in [5, 5.41) is 24.5. The van der Waals surface area contributed by atoms with Gasteiger partial charge >= 0.3 is 5.97 Å². The van der Waals surface area contributed by atoms with Gasteiger partial charge in [-0.1, -0.05) is 15.9 Å². The summed E-state index contributed by atoms with van der Waals surface area (Å²) in [5.74, 6) is -0.896. The second-order valence-electron chi connectivity index (χ2n) is 2.84. The number of hydrogen-bond donors (Lipinski definition) is 3. The number of aliphatic hydroxyl groups excluding tert-OH is 2. The minimum atomic E-state index is -0.896. The lowest BCUT2D eigenvalue weighted by atomic mass is 10.2. The molecule has 0 amide bonds. The van der Waals surface area contributed by atoms with Crippen molar-refractivity contribution in [2.45, 2.75) is 13.0 Å². The lowest BCUT2D eigenvalue weighted by Crippen LogP contribution is -2.03. The second kappa shape index (κ2) is 7.39. The number of benzene rings is 1. The van der Waals surface area contributed by atoms with Gasteiger partial charge in [-0.05, 0) is 31.2 Å². The smallest absolute Gasteiger partial charge is 0.335 e. The van der Waals surface area contributed by atoms with E-state index in [1.54, 1.807) is 24.3 Å². The number of carboxylic acid groups (broad SMARTS) is 1. The number of rotatable bonds is 2. The summed E-state index contributed by atoms with van der Waals surface area (Å²) in [6.07, 6.45) is -0.560. The Morgan fingerprint density at radius 3 is 2.07 bits per heavy atom. The van der Waals surface area contributed by atoms with E-state index in [1.807, 2.05) is 0 Å². The lowest BCUT2D eigenvalue weighted by molar-refractivity contribution is 0.0697. The van der Waals surface area contributed by atoms with Crippen LogP contribution in [-0.4, -0.2) is 34.0 Å². The average Bonchev–Trinajstić information content (AvgIpc) is 2.19. The first-order valence-corrected chi connectivity index (χ1v) is 5.04. The van der Waals surface area contributed by atoms with E-state index in [1.165, 1.54) is 6.92 Å². The summed E-state index contributed by atoms with van der Waals surface area (Å²) < 4.78 is 0.887. The van der Waals surface area contributed by atoms with Gasteiger partial charge in [0.2, 0.25) is 0 Å². The van der Waals surface area contributed by atoms with Gasteiger partial charge in [-0.2, -0.15) is 0 Å². The fourth-order valence-corrected chi connectivity index (χ4v) is 0.857. The van der Waals surface area contributed by atoms with Crippen LogP contribution in [0.25, 0.3) is 0 Å². The van der Waals surface area contributed by atoms with E-state index < -0.39 is 12.1 Å². The predicted octanol–water partition coefficient (Wildman–Crippen LogP) is 1.51. The molecule has 0 aliphatic heterocycles. The third-order valence-corrected chi connectivity index (χ3v) is 1.88. The normalized spacial score (nSPS) is 11.2. The highest BCUT2D eigenvalue weighted by molar-refractivity contribution is 9.10. The van der Waals surface area contributed by atoms with Gasteiger partial charge in [-0.3, -0.25) is 0 Å². The largest absolute Gasteiger partial charge is 0.478 e. The van der Waals surface area contributed by atoms with Crippen LogP contribution in [0.5, 0.6) is 0 Å². The van der Waals surface area contributed by atoms with Crippen LogP contribution >= 0.6 is 15.9 Å². The maximum absolute atomic E-state index is 10.3. The molecular formula is C10H13BrO4. The van der Waals surface area contributed by atoms with Crippen LogP contribution in [0, 0.1) is 0 Å². The lowest BCUT2D eigenvalue weighted by Gasteiger charge is -1.91. The molecule has 0 aliphatic rings. The fourth-order valence-electron chi connectivity index (χ4n) is 0.592. The fraction of sp³-hybridized carbons (Fsp3) is 0.300. The average molecular weight is 277 g/mol. The number of aliphatic hydroxyl groups is 2. The number of hydrogen-bond acceptors (Lipinski definition) is 3. The van der Waals surface area contributed by atoms with Crippen molar-refractivity contribution in [3.8, 4) is 0 Å². The molecule has 0 fully saturated rings. The zero-order valence-electron chi connectivity index (χ0n) is 8.22. The first-order chi connectivity index (χ1) is 6.97. The van der Waals surface area contributed by atoms with Crippen molar-refractivity contribution in [1.82, 2.24) is 0 Å². The summed E-state index contributed by atoms with van der Waals surface area (Å²) in [6, 6.07) is 6.49. The van der Waals surface area contributed by atoms with E-state index in [4.69, 9.17) is 15.3 Å². The molecule has 0 aromatic heterocycles.